The molecule has 0 saturated heterocycles. The molecule has 0 spiro atoms. The zero-order valence-electron chi connectivity index (χ0n) is 12.8. The molecular weight excluding hydrogens is 312 g/mol. The largest absolute Gasteiger partial charge is 0.497 e. The van der Waals surface area contributed by atoms with E-state index in [4.69, 9.17) is 14.6 Å². The summed E-state index contributed by atoms with van der Waals surface area (Å²) in [6, 6.07) is 3.48. The Hall–Kier alpha value is -2.38. The molecule has 1 unspecified atom stereocenters. The number of carbonyl (C=O) groups is 2. The Bertz CT molecular complexity index is 551. The second-order valence-corrected chi connectivity index (χ2v) is 4.76. The molecule has 0 bridgehead atoms. The first-order chi connectivity index (χ1) is 10.9. The van der Waals surface area contributed by atoms with E-state index in [0.29, 0.717) is 17.1 Å². The van der Waals surface area contributed by atoms with Crippen LogP contribution in [0.1, 0.15) is 18.4 Å². The van der Waals surface area contributed by atoms with Crippen molar-refractivity contribution in [1.29, 1.82) is 0 Å². The van der Waals surface area contributed by atoms with Crippen molar-refractivity contribution in [3.63, 3.8) is 0 Å². The number of ether oxygens (including phenoxy) is 2. The van der Waals surface area contributed by atoms with Crippen LogP contribution >= 0.6 is 0 Å². The second kappa shape index (κ2) is 8.92. The molecule has 1 atom stereocenters. The van der Waals surface area contributed by atoms with Crippen LogP contribution in [0.3, 0.4) is 0 Å². The molecule has 1 rings (SSSR count). The molecule has 1 aromatic carbocycles. The Balaban J connectivity index is 2.66. The minimum absolute atomic E-state index is 0.0590. The molecule has 8 heteroatoms. The Morgan fingerprint density at radius 3 is 2.48 bits per heavy atom. The lowest BCUT2D eigenvalue weighted by Crippen LogP contribution is -2.42. The number of carboxylic acids is 1. The average molecular weight is 331 g/mol. The van der Waals surface area contributed by atoms with Gasteiger partial charge in [-0.25, -0.2) is 13.6 Å². The number of rotatable bonds is 9. The molecule has 23 heavy (non-hydrogen) atoms. The summed E-state index contributed by atoms with van der Waals surface area (Å²) in [6.45, 7) is 0. The predicted octanol–water partition coefficient (Wildman–Crippen LogP) is 1.86. The van der Waals surface area contributed by atoms with E-state index in [-0.39, 0.29) is 12.8 Å². The van der Waals surface area contributed by atoms with Crippen molar-refractivity contribution >= 4 is 11.9 Å². The number of hydrogen-bond donors (Lipinski definition) is 2. The predicted molar refractivity (Wildman–Crippen MR) is 78.1 cm³/mol. The van der Waals surface area contributed by atoms with Gasteiger partial charge >= 0.3 is 5.97 Å². The summed E-state index contributed by atoms with van der Waals surface area (Å²) in [6.07, 6.45) is -3.54. The average Bonchev–Trinajstić information content (AvgIpc) is 2.51. The summed E-state index contributed by atoms with van der Waals surface area (Å²) in [5, 5.41) is 10.9. The number of halogens is 2. The van der Waals surface area contributed by atoms with E-state index < -0.39 is 30.8 Å². The lowest BCUT2D eigenvalue weighted by Gasteiger charge is -2.14. The van der Waals surface area contributed by atoms with Gasteiger partial charge in [-0.05, 0) is 30.2 Å². The van der Waals surface area contributed by atoms with E-state index in [0.717, 1.165) is 0 Å². The number of nitrogens with one attached hydrogen (secondary N) is 1. The normalized spacial score (nSPS) is 11.9. The van der Waals surface area contributed by atoms with Crippen molar-refractivity contribution in [3.8, 4) is 11.5 Å². The van der Waals surface area contributed by atoms with E-state index in [1.54, 1.807) is 18.2 Å². The number of aliphatic carboxylic acids is 1. The highest BCUT2D eigenvalue weighted by atomic mass is 19.3. The molecule has 6 nitrogen and oxygen atoms in total. The smallest absolute Gasteiger partial charge is 0.326 e. The maximum absolute atomic E-state index is 12.3. The summed E-state index contributed by atoms with van der Waals surface area (Å²) in [5.41, 5.74) is 0.697. The number of carboxylic acid groups (broad SMARTS) is 1. The molecular formula is C15H19F2NO5. The van der Waals surface area contributed by atoms with E-state index in [2.05, 4.69) is 5.32 Å². The molecule has 2 N–H and O–H groups in total. The molecule has 0 aliphatic rings. The molecule has 128 valence electrons. The van der Waals surface area contributed by atoms with Crippen LogP contribution in [0.25, 0.3) is 0 Å². The third-order valence-electron chi connectivity index (χ3n) is 3.16. The van der Waals surface area contributed by atoms with Gasteiger partial charge in [-0.2, -0.15) is 0 Å². The molecule has 1 amide bonds. The third kappa shape index (κ3) is 6.09. The highest BCUT2D eigenvalue weighted by Crippen LogP contribution is 2.25. The highest BCUT2D eigenvalue weighted by molar-refractivity contribution is 5.83. The minimum atomic E-state index is -2.81. The Labute approximate surface area is 132 Å². The SMILES string of the molecule is COc1ccc(OC)c(CCC(=O)NC(CC(F)F)C(=O)O)c1. The van der Waals surface area contributed by atoms with Gasteiger partial charge in [-0.15, -0.1) is 0 Å². The molecule has 0 aliphatic carbocycles. The summed E-state index contributed by atoms with van der Waals surface area (Å²) >= 11 is 0. The van der Waals surface area contributed by atoms with Gasteiger partial charge in [0.05, 0.1) is 14.2 Å². The molecule has 0 radical (unpaired) electrons. The summed E-state index contributed by atoms with van der Waals surface area (Å²) in [4.78, 5) is 22.6. The Morgan fingerprint density at radius 1 is 1.26 bits per heavy atom. The monoisotopic (exact) mass is 331 g/mol. The standard InChI is InChI=1S/C15H19F2NO5/c1-22-10-4-5-12(23-2)9(7-10)3-6-14(19)18-11(15(20)21)8-13(16)17/h4-5,7,11,13H,3,6,8H2,1-2H3,(H,18,19)(H,20,21). The van der Waals surface area contributed by atoms with Gasteiger partial charge in [0, 0.05) is 12.8 Å². The van der Waals surface area contributed by atoms with Gasteiger partial charge in [-0.1, -0.05) is 0 Å². The fourth-order valence-electron chi connectivity index (χ4n) is 1.99. The van der Waals surface area contributed by atoms with E-state index >= 15 is 0 Å². The van der Waals surface area contributed by atoms with E-state index in [1.807, 2.05) is 0 Å². The maximum atomic E-state index is 12.3. The molecule has 0 aromatic heterocycles. The summed E-state index contributed by atoms with van der Waals surface area (Å²) in [7, 11) is 2.98. The van der Waals surface area contributed by atoms with Crippen molar-refractivity contribution in [2.45, 2.75) is 31.7 Å². The Morgan fingerprint density at radius 2 is 1.96 bits per heavy atom. The number of amides is 1. The zero-order valence-corrected chi connectivity index (χ0v) is 12.8. The quantitative estimate of drug-likeness (QED) is 0.721. The molecule has 0 saturated carbocycles. The topological polar surface area (TPSA) is 84.9 Å². The lowest BCUT2D eigenvalue weighted by molar-refractivity contribution is -0.143. The van der Waals surface area contributed by atoms with Crippen LogP contribution < -0.4 is 14.8 Å². The van der Waals surface area contributed by atoms with Crippen LogP contribution in [0.5, 0.6) is 11.5 Å². The first-order valence-electron chi connectivity index (χ1n) is 6.88. The van der Waals surface area contributed by atoms with Crippen LogP contribution in [-0.2, 0) is 16.0 Å². The lowest BCUT2D eigenvalue weighted by atomic mass is 10.1. The fourth-order valence-corrected chi connectivity index (χ4v) is 1.99. The molecule has 0 heterocycles. The van der Waals surface area contributed by atoms with Gasteiger partial charge in [0.1, 0.15) is 17.5 Å². The van der Waals surface area contributed by atoms with Gasteiger partial charge in [0.25, 0.3) is 0 Å². The van der Waals surface area contributed by atoms with Crippen LogP contribution in [0, 0.1) is 0 Å². The van der Waals surface area contributed by atoms with Crippen molar-refractivity contribution in [2.24, 2.45) is 0 Å². The third-order valence-corrected chi connectivity index (χ3v) is 3.16. The van der Waals surface area contributed by atoms with Gasteiger partial charge in [0.2, 0.25) is 12.3 Å². The second-order valence-electron chi connectivity index (χ2n) is 4.76. The van der Waals surface area contributed by atoms with Gasteiger partial charge in [-0.3, -0.25) is 4.79 Å². The Kier molecular flexibility index (Phi) is 7.24. The minimum Gasteiger partial charge on any atom is -0.497 e. The zero-order chi connectivity index (χ0) is 17.4. The number of hydrogen-bond acceptors (Lipinski definition) is 4. The first-order valence-corrected chi connectivity index (χ1v) is 6.88. The van der Waals surface area contributed by atoms with Crippen LogP contribution in [0.15, 0.2) is 18.2 Å². The number of methoxy groups -OCH3 is 2. The molecule has 0 fully saturated rings. The number of aryl methyl sites for hydroxylation is 1. The van der Waals surface area contributed by atoms with Crippen molar-refractivity contribution in [2.75, 3.05) is 14.2 Å². The van der Waals surface area contributed by atoms with Crippen LogP contribution in [0.4, 0.5) is 8.78 Å². The van der Waals surface area contributed by atoms with Gasteiger partial charge < -0.3 is 19.9 Å². The summed E-state index contributed by atoms with van der Waals surface area (Å²) < 4.78 is 34.8. The van der Waals surface area contributed by atoms with Crippen molar-refractivity contribution in [3.05, 3.63) is 23.8 Å². The van der Waals surface area contributed by atoms with Crippen LogP contribution in [0.2, 0.25) is 0 Å². The van der Waals surface area contributed by atoms with E-state index in [9.17, 15) is 18.4 Å². The maximum Gasteiger partial charge on any atom is 0.326 e. The number of alkyl halides is 2. The van der Waals surface area contributed by atoms with E-state index in [1.165, 1.54) is 14.2 Å². The van der Waals surface area contributed by atoms with Gasteiger partial charge in [0.15, 0.2) is 0 Å². The van der Waals surface area contributed by atoms with Crippen molar-refractivity contribution < 1.29 is 33.0 Å². The van der Waals surface area contributed by atoms with Crippen LogP contribution in [-0.4, -0.2) is 43.7 Å². The highest BCUT2D eigenvalue weighted by Gasteiger charge is 2.24. The molecule has 1 aromatic rings. The molecule has 0 aliphatic heterocycles. The number of benzene rings is 1. The summed E-state index contributed by atoms with van der Waals surface area (Å²) in [5.74, 6) is -0.969. The van der Waals surface area contributed by atoms with Crippen molar-refractivity contribution in [1.82, 2.24) is 5.32 Å². The first kappa shape index (κ1) is 18.7. The fraction of sp³-hybridized carbons (Fsp3) is 0.467. The number of carbonyl (C=O) groups excluding carboxylic acids is 1.